The Balaban J connectivity index is 2.24. The molecule has 0 unspecified atom stereocenters. The fourth-order valence-corrected chi connectivity index (χ4v) is 2.96. The summed E-state index contributed by atoms with van der Waals surface area (Å²) in [5.41, 5.74) is -0.243. The number of hydrogen-bond acceptors (Lipinski definition) is 2. The van der Waals surface area contributed by atoms with Gasteiger partial charge in [0.2, 0.25) is 0 Å². The van der Waals surface area contributed by atoms with E-state index in [4.69, 9.17) is 11.6 Å². The summed E-state index contributed by atoms with van der Waals surface area (Å²) < 4.78 is 40.3. The van der Waals surface area contributed by atoms with E-state index >= 15 is 0 Å². The molecular weight excluding hydrogens is 436 g/mol. The molecule has 0 radical (unpaired) electrons. The predicted octanol–water partition coefficient (Wildman–Crippen LogP) is 5.89. The van der Waals surface area contributed by atoms with Gasteiger partial charge in [0, 0.05) is 25.9 Å². The van der Waals surface area contributed by atoms with Crippen molar-refractivity contribution >= 4 is 49.1 Å². The number of aromatic nitrogens is 1. The summed E-state index contributed by atoms with van der Waals surface area (Å²) in [6.07, 6.45) is -2.90. The number of nitrogens with one attached hydrogen (secondary N) is 1. The van der Waals surface area contributed by atoms with Crippen LogP contribution in [-0.2, 0) is 12.7 Å². The minimum Gasteiger partial charge on any atom is -0.379 e. The van der Waals surface area contributed by atoms with Crippen LogP contribution < -0.4 is 5.32 Å². The van der Waals surface area contributed by atoms with Gasteiger partial charge in [-0.05, 0) is 56.1 Å². The van der Waals surface area contributed by atoms with Crippen molar-refractivity contribution in [3.05, 3.63) is 55.7 Å². The SMILES string of the molecule is FC(F)(F)c1cc(Cl)ccc1NCc1ncc(Br)cc1Br. The van der Waals surface area contributed by atoms with Gasteiger partial charge in [-0.2, -0.15) is 13.2 Å². The summed E-state index contributed by atoms with van der Waals surface area (Å²) in [5, 5.41) is 2.77. The average Bonchev–Trinajstić information content (AvgIpc) is 2.38. The number of alkyl halides is 3. The molecule has 1 N–H and O–H groups in total. The monoisotopic (exact) mass is 442 g/mol. The van der Waals surface area contributed by atoms with Crippen molar-refractivity contribution < 1.29 is 13.2 Å². The van der Waals surface area contributed by atoms with Crippen molar-refractivity contribution in [2.45, 2.75) is 12.7 Å². The zero-order chi connectivity index (χ0) is 15.6. The van der Waals surface area contributed by atoms with Crippen LogP contribution in [0.2, 0.25) is 5.02 Å². The molecule has 1 aromatic carbocycles. The Morgan fingerprint density at radius 2 is 1.90 bits per heavy atom. The summed E-state index contributed by atoms with van der Waals surface area (Å²) in [5.74, 6) is 0. The molecule has 0 aliphatic heterocycles. The smallest absolute Gasteiger partial charge is 0.379 e. The highest BCUT2D eigenvalue weighted by atomic mass is 79.9. The summed E-state index contributed by atoms with van der Waals surface area (Å²) in [7, 11) is 0. The van der Waals surface area contributed by atoms with E-state index in [2.05, 4.69) is 42.2 Å². The first-order chi connectivity index (χ1) is 9.77. The zero-order valence-corrected chi connectivity index (χ0v) is 14.2. The Kier molecular flexibility index (Phi) is 5.16. The van der Waals surface area contributed by atoms with Gasteiger partial charge in [0.25, 0.3) is 0 Å². The van der Waals surface area contributed by atoms with Gasteiger partial charge in [0.05, 0.1) is 17.8 Å². The molecule has 8 heteroatoms. The number of benzene rings is 1. The van der Waals surface area contributed by atoms with E-state index in [-0.39, 0.29) is 17.3 Å². The molecule has 1 heterocycles. The van der Waals surface area contributed by atoms with E-state index in [1.807, 2.05) is 0 Å². The van der Waals surface area contributed by atoms with Crippen molar-refractivity contribution in [1.82, 2.24) is 4.98 Å². The van der Waals surface area contributed by atoms with Crippen LogP contribution in [0.5, 0.6) is 0 Å². The molecule has 0 bridgehead atoms. The summed E-state index contributed by atoms with van der Waals surface area (Å²) in [4.78, 5) is 4.14. The lowest BCUT2D eigenvalue weighted by Gasteiger charge is -2.15. The summed E-state index contributed by atoms with van der Waals surface area (Å²) in [6.45, 7) is 0.151. The van der Waals surface area contributed by atoms with Gasteiger partial charge in [0.1, 0.15) is 0 Å². The molecule has 0 saturated heterocycles. The first-order valence-electron chi connectivity index (χ1n) is 5.68. The van der Waals surface area contributed by atoms with Crippen molar-refractivity contribution in [3.8, 4) is 0 Å². The van der Waals surface area contributed by atoms with Gasteiger partial charge in [-0.15, -0.1) is 0 Å². The Hall–Kier alpha value is -0.790. The molecule has 1 aromatic heterocycles. The normalized spacial score (nSPS) is 11.5. The third kappa shape index (κ3) is 4.34. The quantitative estimate of drug-likeness (QED) is 0.639. The van der Waals surface area contributed by atoms with Gasteiger partial charge in [-0.1, -0.05) is 11.6 Å². The van der Waals surface area contributed by atoms with E-state index in [0.717, 1.165) is 10.5 Å². The number of hydrogen-bond donors (Lipinski definition) is 1. The van der Waals surface area contributed by atoms with Crippen LogP contribution in [0.1, 0.15) is 11.3 Å². The number of anilines is 1. The van der Waals surface area contributed by atoms with E-state index in [1.54, 1.807) is 12.3 Å². The first kappa shape index (κ1) is 16.6. The number of rotatable bonds is 3. The van der Waals surface area contributed by atoms with Crippen molar-refractivity contribution in [2.75, 3.05) is 5.32 Å². The highest BCUT2D eigenvalue weighted by Crippen LogP contribution is 2.36. The second kappa shape index (κ2) is 6.54. The Bertz CT molecular complexity index is 662. The maximum atomic E-state index is 13.0. The van der Waals surface area contributed by atoms with Crippen LogP contribution in [0.25, 0.3) is 0 Å². The van der Waals surface area contributed by atoms with Crippen LogP contribution in [0.4, 0.5) is 18.9 Å². The minimum absolute atomic E-state index is 0.0378. The summed E-state index contributed by atoms with van der Waals surface area (Å²) in [6, 6.07) is 5.38. The van der Waals surface area contributed by atoms with Gasteiger partial charge < -0.3 is 5.32 Å². The van der Waals surface area contributed by atoms with Crippen molar-refractivity contribution in [3.63, 3.8) is 0 Å². The number of nitrogens with zero attached hydrogens (tertiary/aromatic N) is 1. The lowest BCUT2D eigenvalue weighted by Crippen LogP contribution is -2.11. The van der Waals surface area contributed by atoms with Crippen LogP contribution in [0.15, 0.2) is 39.4 Å². The molecule has 0 aliphatic carbocycles. The fraction of sp³-hybridized carbons (Fsp3) is 0.154. The van der Waals surface area contributed by atoms with E-state index in [9.17, 15) is 13.2 Å². The van der Waals surface area contributed by atoms with Gasteiger partial charge in [-0.3, -0.25) is 4.98 Å². The lowest BCUT2D eigenvalue weighted by molar-refractivity contribution is -0.136. The van der Waals surface area contributed by atoms with Crippen LogP contribution >= 0.6 is 43.5 Å². The lowest BCUT2D eigenvalue weighted by atomic mass is 10.1. The van der Waals surface area contributed by atoms with Crippen LogP contribution in [-0.4, -0.2) is 4.98 Å². The highest BCUT2D eigenvalue weighted by molar-refractivity contribution is 9.11. The molecule has 0 atom stereocenters. The Morgan fingerprint density at radius 3 is 2.52 bits per heavy atom. The Morgan fingerprint density at radius 1 is 1.19 bits per heavy atom. The Labute approximate surface area is 141 Å². The zero-order valence-electron chi connectivity index (χ0n) is 10.3. The number of halogens is 6. The minimum atomic E-state index is -4.47. The van der Waals surface area contributed by atoms with E-state index < -0.39 is 11.7 Å². The van der Waals surface area contributed by atoms with Crippen LogP contribution in [0.3, 0.4) is 0 Å². The fourth-order valence-electron chi connectivity index (χ4n) is 1.66. The maximum absolute atomic E-state index is 13.0. The van der Waals surface area contributed by atoms with E-state index in [0.29, 0.717) is 10.2 Å². The first-order valence-corrected chi connectivity index (χ1v) is 7.64. The highest BCUT2D eigenvalue weighted by Gasteiger charge is 2.33. The predicted molar refractivity (Wildman–Crippen MR) is 83.4 cm³/mol. The second-order valence-corrected chi connectivity index (χ2v) is 6.33. The van der Waals surface area contributed by atoms with E-state index in [1.165, 1.54) is 12.1 Å². The van der Waals surface area contributed by atoms with Gasteiger partial charge in [0.15, 0.2) is 0 Å². The molecule has 21 heavy (non-hydrogen) atoms. The third-order valence-electron chi connectivity index (χ3n) is 2.62. The topological polar surface area (TPSA) is 24.9 Å². The average molecular weight is 444 g/mol. The van der Waals surface area contributed by atoms with Crippen molar-refractivity contribution in [2.24, 2.45) is 0 Å². The molecule has 2 rings (SSSR count). The molecule has 2 aromatic rings. The van der Waals surface area contributed by atoms with Gasteiger partial charge in [-0.25, -0.2) is 0 Å². The molecular formula is C13H8Br2ClF3N2. The van der Waals surface area contributed by atoms with Crippen molar-refractivity contribution in [1.29, 1.82) is 0 Å². The molecule has 0 aliphatic rings. The van der Waals surface area contributed by atoms with Crippen LogP contribution in [0, 0.1) is 0 Å². The summed E-state index contributed by atoms with van der Waals surface area (Å²) >= 11 is 12.2. The maximum Gasteiger partial charge on any atom is 0.418 e. The molecule has 2 nitrogen and oxygen atoms in total. The number of pyridine rings is 1. The second-order valence-electron chi connectivity index (χ2n) is 4.12. The standard InChI is InChI=1S/C13H8Br2ClF3N2/c14-7-3-10(15)12(20-5-7)6-21-11-2-1-8(16)4-9(11)13(17,18)19/h1-5,21H,6H2. The molecule has 0 saturated carbocycles. The molecule has 112 valence electrons. The molecule has 0 amide bonds. The largest absolute Gasteiger partial charge is 0.418 e. The molecule has 0 fully saturated rings. The molecule has 0 spiro atoms. The van der Waals surface area contributed by atoms with Gasteiger partial charge >= 0.3 is 6.18 Å². The third-order valence-corrected chi connectivity index (χ3v) is 3.97.